The largest absolute Gasteiger partial charge is 0.324 e. The average Bonchev–Trinajstić information content (AvgIpc) is 2.03. The van der Waals surface area contributed by atoms with E-state index in [1.54, 1.807) is 33.9 Å². The number of amides is 1. The van der Waals surface area contributed by atoms with Crippen LogP contribution in [0.5, 0.6) is 0 Å². The molecule has 0 atom stereocenters. The molecule has 66 valence electrons. The normalized spacial score (nSPS) is 11.2. The number of hydrogen-bond donors (Lipinski definition) is 0. The first-order valence-electron chi connectivity index (χ1n) is 3.77. The van der Waals surface area contributed by atoms with Gasteiger partial charge in [0.15, 0.2) is 0 Å². The van der Waals surface area contributed by atoms with Crippen LogP contribution in [-0.2, 0) is 4.79 Å². The van der Waals surface area contributed by atoms with E-state index in [4.69, 9.17) is 5.26 Å². The van der Waals surface area contributed by atoms with Crippen LogP contribution in [0, 0.1) is 11.3 Å². The number of rotatable bonds is 2. The van der Waals surface area contributed by atoms with Crippen molar-refractivity contribution in [1.82, 2.24) is 4.90 Å². The molecule has 0 spiro atoms. The van der Waals surface area contributed by atoms with Gasteiger partial charge in [0.2, 0.25) is 5.91 Å². The molecule has 12 heavy (non-hydrogen) atoms. The van der Waals surface area contributed by atoms with Crippen molar-refractivity contribution in [2.24, 2.45) is 0 Å². The highest BCUT2D eigenvalue weighted by atomic mass is 16.2. The van der Waals surface area contributed by atoms with Crippen LogP contribution >= 0.6 is 0 Å². The van der Waals surface area contributed by atoms with E-state index in [9.17, 15) is 4.79 Å². The molecule has 0 saturated heterocycles. The third-order valence-electron chi connectivity index (χ3n) is 1.75. The monoisotopic (exact) mass is 166 g/mol. The molecule has 0 rings (SSSR count). The van der Waals surface area contributed by atoms with Gasteiger partial charge in [-0.15, -0.1) is 0 Å². The Kier molecular flexibility index (Phi) is 3.49. The predicted octanol–water partition coefficient (Wildman–Crippen LogP) is 1.32. The fraction of sp³-hybridized carbons (Fsp3) is 0.556. The summed E-state index contributed by atoms with van der Waals surface area (Å²) in [4.78, 5) is 12.6. The summed E-state index contributed by atoms with van der Waals surface area (Å²) in [5.41, 5.74) is -0.739. The van der Waals surface area contributed by atoms with Crippen LogP contribution < -0.4 is 0 Å². The van der Waals surface area contributed by atoms with Crippen LogP contribution in [0.15, 0.2) is 12.2 Å². The van der Waals surface area contributed by atoms with Gasteiger partial charge in [-0.3, -0.25) is 4.79 Å². The SMILES string of the molecule is CC=CC(=O)N(C)C(C)(C)C#N. The number of hydrogen-bond acceptors (Lipinski definition) is 2. The molecule has 0 radical (unpaired) electrons. The Morgan fingerprint density at radius 3 is 2.42 bits per heavy atom. The zero-order chi connectivity index (χ0) is 9.78. The maximum Gasteiger partial charge on any atom is 0.247 e. The molecule has 0 N–H and O–H groups in total. The minimum Gasteiger partial charge on any atom is -0.324 e. The van der Waals surface area contributed by atoms with E-state index in [0.29, 0.717) is 0 Å². The molecule has 0 aromatic carbocycles. The Morgan fingerprint density at radius 1 is 1.58 bits per heavy atom. The summed E-state index contributed by atoms with van der Waals surface area (Å²) >= 11 is 0. The van der Waals surface area contributed by atoms with Gasteiger partial charge in [-0.1, -0.05) is 6.08 Å². The van der Waals surface area contributed by atoms with E-state index < -0.39 is 5.54 Å². The van der Waals surface area contributed by atoms with Gasteiger partial charge in [0.1, 0.15) is 5.54 Å². The number of likely N-dealkylation sites (N-methyl/N-ethyl adjacent to an activating group) is 1. The van der Waals surface area contributed by atoms with Crippen molar-refractivity contribution in [1.29, 1.82) is 5.26 Å². The number of nitriles is 1. The van der Waals surface area contributed by atoms with Crippen molar-refractivity contribution in [3.8, 4) is 6.07 Å². The lowest BCUT2D eigenvalue weighted by Gasteiger charge is -2.27. The Hall–Kier alpha value is -1.30. The molecule has 0 aromatic heterocycles. The van der Waals surface area contributed by atoms with Crippen molar-refractivity contribution in [2.45, 2.75) is 26.3 Å². The summed E-state index contributed by atoms with van der Waals surface area (Å²) in [5.74, 6) is -0.149. The number of allylic oxidation sites excluding steroid dienone is 1. The molecule has 0 aliphatic carbocycles. The lowest BCUT2D eigenvalue weighted by molar-refractivity contribution is -0.127. The summed E-state index contributed by atoms with van der Waals surface area (Å²) in [6, 6.07) is 2.05. The smallest absolute Gasteiger partial charge is 0.247 e. The zero-order valence-electron chi connectivity index (χ0n) is 7.96. The molecule has 0 aliphatic heterocycles. The van der Waals surface area contributed by atoms with Crippen molar-refractivity contribution in [2.75, 3.05) is 7.05 Å². The van der Waals surface area contributed by atoms with Gasteiger partial charge in [0.25, 0.3) is 0 Å². The lowest BCUT2D eigenvalue weighted by Crippen LogP contribution is -2.43. The molecule has 0 aliphatic rings. The van der Waals surface area contributed by atoms with Gasteiger partial charge in [-0.25, -0.2) is 0 Å². The van der Waals surface area contributed by atoms with Gasteiger partial charge in [-0.2, -0.15) is 5.26 Å². The third kappa shape index (κ3) is 2.39. The van der Waals surface area contributed by atoms with E-state index in [1.165, 1.54) is 11.0 Å². The molecule has 0 unspecified atom stereocenters. The molecule has 3 heteroatoms. The van der Waals surface area contributed by atoms with Gasteiger partial charge in [0, 0.05) is 7.05 Å². The first-order chi connectivity index (χ1) is 5.45. The second-order valence-electron chi connectivity index (χ2n) is 3.07. The molecule has 0 aromatic rings. The first kappa shape index (κ1) is 10.7. The summed E-state index contributed by atoms with van der Waals surface area (Å²) < 4.78 is 0. The Bertz CT molecular complexity index is 235. The van der Waals surface area contributed by atoms with Gasteiger partial charge >= 0.3 is 0 Å². The second-order valence-corrected chi connectivity index (χ2v) is 3.07. The molecule has 0 bridgehead atoms. The first-order valence-corrected chi connectivity index (χ1v) is 3.77. The zero-order valence-corrected chi connectivity index (χ0v) is 7.96. The predicted molar refractivity (Wildman–Crippen MR) is 47.3 cm³/mol. The van der Waals surface area contributed by atoms with Crippen molar-refractivity contribution in [3.63, 3.8) is 0 Å². The Balaban J connectivity index is 4.52. The summed E-state index contributed by atoms with van der Waals surface area (Å²) in [7, 11) is 1.62. The molecule has 0 fully saturated rings. The third-order valence-corrected chi connectivity index (χ3v) is 1.75. The second kappa shape index (κ2) is 3.91. The van der Waals surface area contributed by atoms with E-state index in [2.05, 4.69) is 6.07 Å². The fourth-order valence-corrected chi connectivity index (χ4v) is 0.605. The maximum atomic E-state index is 11.2. The molecular formula is C9H14N2O. The quantitative estimate of drug-likeness (QED) is 0.581. The lowest BCUT2D eigenvalue weighted by atomic mass is 10.1. The number of nitrogens with zero attached hydrogens (tertiary/aromatic N) is 2. The standard InChI is InChI=1S/C9H14N2O/c1-5-6-8(12)11(4)9(2,3)7-10/h5-6H,1-4H3. The molecule has 0 saturated carbocycles. The number of carbonyl (C=O) groups is 1. The van der Waals surface area contributed by atoms with Crippen LogP contribution in [0.1, 0.15) is 20.8 Å². The van der Waals surface area contributed by atoms with E-state index in [1.807, 2.05) is 0 Å². The van der Waals surface area contributed by atoms with Crippen molar-refractivity contribution >= 4 is 5.91 Å². The molecular weight excluding hydrogens is 152 g/mol. The Labute approximate surface area is 73.3 Å². The fourth-order valence-electron chi connectivity index (χ4n) is 0.605. The number of carbonyl (C=O) groups excluding carboxylic acids is 1. The van der Waals surface area contributed by atoms with E-state index in [0.717, 1.165) is 0 Å². The highest BCUT2D eigenvalue weighted by Crippen LogP contribution is 2.10. The summed E-state index contributed by atoms with van der Waals surface area (Å²) in [6.45, 7) is 5.17. The van der Waals surface area contributed by atoms with Crippen LogP contribution in [-0.4, -0.2) is 23.4 Å². The topological polar surface area (TPSA) is 44.1 Å². The minimum atomic E-state index is -0.739. The summed E-state index contributed by atoms with van der Waals surface area (Å²) in [5, 5.41) is 8.71. The van der Waals surface area contributed by atoms with Crippen LogP contribution in [0.4, 0.5) is 0 Å². The van der Waals surface area contributed by atoms with Gasteiger partial charge in [0.05, 0.1) is 6.07 Å². The van der Waals surface area contributed by atoms with E-state index >= 15 is 0 Å². The minimum absolute atomic E-state index is 0.149. The summed E-state index contributed by atoms with van der Waals surface area (Å²) in [6.07, 6.45) is 3.10. The van der Waals surface area contributed by atoms with Gasteiger partial charge < -0.3 is 4.90 Å². The van der Waals surface area contributed by atoms with Crippen LogP contribution in [0.2, 0.25) is 0 Å². The van der Waals surface area contributed by atoms with E-state index in [-0.39, 0.29) is 5.91 Å². The van der Waals surface area contributed by atoms with Crippen molar-refractivity contribution in [3.05, 3.63) is 12.2 Å². The molecule has 0 heterocycles. The average molecular weight is 166 g/mol. The van der Waals surface area contributed by atoms with Crippen molar-refractivity contribution < 1.29 is 4.79 Å². The molecule has 3 nitrogen and oxygen atoms in total. The van der Waals surface area contributed by atoms with Crippen LogP contribution in [0.3, 0.4) is 0 Å². The highest BCUT2D eigenvalue weighted by Gasteiger charge is 2.25. The van der Waals surface area contributed by atoms with Crippen LogP contribution in [0.25, 0.3) is 0 Å². The highest BCUT2D eigenvalue weighted by molar-refractivity contribution is 5.88. The van der Waals surface area contributed by atoms with Gasteiger partial charge in [-0.05, 0) is 26.8 Å². The Morgan fingerprint density at radius 2 is 2.08 bits per heavy atom. The molecule has 1 amide bonds. The maximum absolute atomic E-state index is 11.2.